The Bertz CT molecular complexity index is 664. The summed E-state index contributed by atoms with van der Waals surface area (Å²) in [4.78, 5) is 8.31. The van der Waals surface area contributed by atoms with Crippen LogP contribution in [0.4, 0.5) is 0 Å². The fourth-order valence-electron chi connectivity index (χ4n) is 2.18. The average molecular weight is 462 g/mol. The summed E-state index contributed by atoms with van der Waals surface area (Å²) < 4.78 is 0. The molecule has 0 bridgehead atoms. The normalized spacial score (nSPS) is 11.0. The van der Waals surface area contributed by atoms with Crippen LogP contribution in [0.25, 0.3) is 0 Å². The third-order valence-corrected chi connectivity index (χ3v) is 10.2. The molecule has 130 valence electrons. The van der Waals surface area contributed by atoms with Crippen LogP contribution in [0.5, 0.6) is 11.5 Å². The SMILES string of the molecule is Cc1ncc(C[Se][Se]Cc2cnc(C)c(O)c2CO)c(CO)c1O. The molecule has 0 saturated heterocycles. The molecule has 0 aromatic carbocycles. The molecule has 0 aliphatic carbocycles. The van der Waals surface area contributed by atoms with Crippen molar-refractivity contribution in [3.05, 3.63) is 46.0 Å². The molecule has 0 spiro atoms. The van der Waals surface area contributed by atoms with E-state index < -0.39 is 0 Å². The van der Waals surface area contributed by atoms with Gasteiger partial charge in [0.05, 0.1) is 0 Å². The zero-order valence-corrected chi connectivity index (χ0v) is 16.9. The van der Waals surface area contributed by atoms with Gasteiger partial charge in [0, 0.05) is 0 Å². The Morgan fingerprint density at radius 2 is 1.17 bits per heavy atom. The summed E-state index contributed by atoms with van der Waals surface area (Å²) in [6, 6.07) is 0. The van der Waals surface area contributed by atoms with E-state index in [1.165, 1.54) is 0 Å². The number of rotatable bonds is 7. The van der Waals surface area contributed by atoms with Crippen LogP contribution in [0.2, 0.25) is 0 Å². The molecular weight excluding hydrogens is 442 g/mol. The van der Waals surface area contributed by atoms with E-state index in [4.69, 9.17) is 0 Å². The topological polar surface area (TPSA) is 107 Å². The third-order valence-electron chi connectivity index (χ3n) is 3.69. The van der Waals surface area contributed by atoms with Crippen LogP contribution < -0.4 is 0 Å². The molecule has 0 aliphatic rings. The fourth-order valence-corrected chi connectivity index (χ4v) is 8.69. The van der Waals surface area contributed by atoms with E-state index in [0.29, 0.717) is 48.8 Å². The summed E-state index contributed by atoms with van der Waals surface area (Å²) in [7, 11) is 0. The first-order valence-electron chi connectivity index (χ1n) is 7.28. The second-order valence-corrected chi connectivity index (χ2v) is 12.6. The first kappa shape index (κ1) is 19.2. The van der Waals surface area contributed by atoms with Crippen molar-refractivity contribution in [3.8, 4) is 11.5 Å². The van der Waals surface area contributed by atoms with Gasteiger partial charge in [-0.2, -0.15) is 0 Å². The minimum absolute atomic E-state index is 0.0773. The standard InChI is InChI=1S/C16H20N2O4Se2/c1-9-15(21)13(5-19)11(3-17-9)7-23-24-8-12-4-18-10(2)16(22)14(12)6-20/h3-4,19-22H,5-8H2,1-2H3. The Morgan fingerprint density at radius 1 is 0.792 bits per heavy atom. The Labute approximate surface area is 151 Å². The number of pyridine rings is 2. The Kier molecular flexibility index (Phi) is 7.04. The van der Waals surface area contributed by atoms with Gasteiger partial charge in [-0.15, -0.1) is 0 Å². The van der Waals surface area contributed by atoms with E-state index in [1.807, 2.05) is 0 Å². The van der Waals surface area contributed by atoms with Gasteiger partial charge in [0.2, 0.25) is 0 Å². The van der Waals surface area contributed by atoms with Crippen LogP contribution in [0.3, 0.4) is 0 Å². The molecule has 6 nitrogen and oxygen atoms in total. The van der Waals surface area contributed by atoms with Crippen molar-refractivity contribution >= 4 is 26.3 Å². The maximum absolute atomic E-state index is 9.96. The van der Waals surface area contributed by atoms with Crippen LogP contribution in [-0.2, 0) is 23.9 Å². The van der Waals surface area contributed by atoms with Crippen LogP contribution in [0.1, 0.15) is 33.6 Å². The molecule has 0 amide bonds. The molecule has 0 fully saturated rings. The molecule has 0 aliphatic heterocycles. The second-order valence-electron chi connectivity index (χ2n) is 5.23. The molecule has 24 heavy (non-hydrogen) atoms. The minimum atomic E-state index is -0.196. The summed E-state index contributed by atoms with van der Waals surface area (Å²) in [5.74, 6) is 0.155. The summed E-state index contributed by atoms with van der Waals surface area (Å²) in [6.45, 7) is 3.03. The Balaban J connectivity index is 1.99. The van der Waals surface area contributed by atoms with E-state index >= 15 is 0 Å². The van der Waals surface area contributed by atoms with Crippen LogP contribution in [-0.4, -0.2) is 56.7 Å². The van der Waals surface area contributed by atoms with E-state index in [2.05, 4.69) is 9.97 Å². The molecule has 2 aromatic rings. The van der Waals surface area contributed by atoms with Gasteiger partial charge in [-0.25, -0.2) is 0 Å². The molecule has 4 N–H and O–H groups in total. The van der Waals surface area contributed by atoms with Gasteiger partial charge in [0.25, 0.3) is 0 Å². The van der Waals surface area contributed by atoms with Crippen molar-refractivity contribution in [1.29, 1.82) is 0 Å². The molecule has 0 atom stereocenters. The van der Waals surface area contributed by atoms with E-state index in [1.54, 1.807) is 26.2 Å². The number of aliphatic hydroxyl groups excluding tert-OH is 2. The first-order valence-corrected chi connectivity index (χ1v) is 14.0. The Hall–Kier alpha value is -1.14. The van der Waals surface area contributed by atoms with Gasteiger partial charge in [-0.3, -0.25) is 0 Å². The van der Waals surface area contributed by atoms with Gasteiger partial charge in [-0.05, 0) is 0 Å². The predicted octanol–water partition coefficient (Wildman–Crippen LogP) is 0.513. The molecule has 0 saturated carbocycles. The van der Waals surface area contributed by atoms with Gasteiger partial charge in [-0.1, -0.05) is 0 Å². The van der Waals surface area contributed by atoms with Crippen LogP contribution in [0, 0.1) is 13.8 Å². The number of hydrogen-bond acceptors (Lipinski definition) is 6. The van der Waals surface area contributed by atoms with Crippen molar-refractivity contribution in [3.63, 3.8) is 0 Å². The van der Waals surface area contributed by atoms with Crippen molar-refractivity contribution in [2.45, 2.75) is 37.7 Å². The van der Waals surface area contributed by atoms with E-state index in [-0.39, 0.29) is 24.7 Å². The molecule has 2 aromatic heterocycles. The van der Waals surface area contributed by atoms with Crippen molar-refractivity contribution in [2.75, 3.05) is 0 Å². The molecular formula is C16H20N2O4Se2. The first-order chi connectivity index (χ1) is 11.5. The van der Waals surface area contributed by atoms with Gasteiger partial charge >= 0.3 is 152 Å². The van der Waals surface area contributed by atoms with Gasteiger partial charge in [0.15, 0.2) is 0 Å². The maximum atomic E-state index is 9.96. The summed E-state index contributed by atoms with van der Waals surface area (Å²) >= 11 is 0.598. The number of hydrogen-bond donors (Lipinski definition) is 4. The van der Waals surface area contributed by atoms with E-state index in [0.717, 1.165) is 21.8 Å². The second kappa shape index (κ2) is 8.81. The molecule has 8 heteroatoms. The summed E-state index contributed by atoms with van der Waals surface area (Å²) in [5.41, 5.74) is 3.94. The monoisotopic (exact) mass is 464 g/mol. The Morgan fingerprint density at radius 3 is 1.50 bits per heavy atom. The van der Waals surface area contributed by atoms with Crippen LogP contribution >= 0.6 is 0 Å². The third kappa shape index (κ3) is 4.28. The number of aromatic hydroxyl groups is 2. The number of aromatic nitrogens is 2. The zero-order chi connectivity index (χ0) is 17.7. The predicted molar refractivity (Wildman–Crippen MR) is 92.0 cm³/mol. The summed E-state index contributed by atoms with van der Waals surface area (Å²) in [5, 5.41) is 40.4. The zero-order valence-electron chi connectivity index (χ0n) is 13.5. The molecule has 0 unspecified atom stereocenters. The average Bonchev–Trinajstić information content (AvgIpc) is 2.58. The number of nitrogens with zero attached hydrogens (tertiary/aromatic N) is 2. The fraction of sp³-hybridized carbons (Fsp3) is 0.375. The quantitative estimate of drug-likeness (QED) is 0.353. The van der Waals surface area contributed by atoms with Crippen LogP contribution in [0.15, 0.2) is 12.4 Å². The summed E-state index contributed by atoms with van der Waals surface area (Å²) in [6.07, 6.45) is 3.44. The molecule has 0 radical (unpaired) electrons. The molecule has 2 heterocycles. The van der Waals surface area contributed by atoms with Gasteiger partial charge in [0.1, 0.15) is 0 Å². The number of aryl methyl sites for hydroxylation is 2. The van der Waals surface area contributed by atoms with Crippen molar-refractivity contribution < 1.29 is 20.4 Å². The van der Waals surface area contributed by atoms with Gasteiger partial charge < -0.3 is 0 Å². The molecule has 2 rings (SSSR count). The number of aliphatic hydroxyl groups is 2. The van der Waals surface area contributed by atoms with Crippen molar-refractivity contribution in [1.82, 2.24) is 9.97 Å². The van der Waals surface area contributed by atoms with Crippen molar-refractivity contribution in [2.24, 2.45) is 0 Å². The van der Waals surface area contributed by atoms with E-state index in [9.17, 15) is 20.4 Å².